The lowest BCUT2D eigenvalue weighted by Crippen LogP contribution is -2.45. The summed E-state index contributed by atoms with van der Waals surface area (Å²) in [5.74, 6) is 0.599. The summed E-state index contributed by atoms with van der Waals surface area (Å²) < 4.78 is 20.6. The molecular weight excluding hydrogens is 228 g/mol. The minimum Gasteiger partial charge on any atom is -0.379 e. The Kier molecular flexibility index (Phi) is 3.43. The summed E-state index contributed by atoms with van der Waals surface area (Å²) in [5.41, 5.74) is -1.34. The summed E-state index contributed by atoms with van der Waals surface area (Å²) in [5, 5.41) is 14.3. The zero-order chi connectivity index (χ0) is 12.5. The molecule has 1 aliphatic rings. The van der Waals surface area contributed by atoms with Crippen molar-refractivity contribution in [2.45, 2.75) is 31.3 Å². The Morgan fingerprint density at radius 2 is 2.18 bits per heavy atom. The fraction of sp³-hybridized carbons (Fsp3) is 0.800. The van der Waals surface area contributed by atoms with E-state index in [2.05, 4.69) is 10.1 Å². The third-order valence-electron chi connectivity index (χ3n) is 2.88. The molecule has 0 aliphatic carbocycles. The van der Waals surface area contributed by atoms with Crippen molar-refractivity contribution in [3.05, 3.63) is 11.7 Å². The Bertz CT molecular complexity index is 379. The molecule has 0 radical (unpaired) electrons. The van der Waals surface area contributed by atoms with E-state index in [0.717, 1.165) is 0 Å². The molecule has 0 bridgehead atoms. The molecule has 1 aromatic rings. The highest BCUT2D eigenvalue weighted by Crippen LogP contribution is 2.36. The molecule has 0 amide bonds. The summed E-state index contributed by atoms with van der Waals surface area (Å²) in [6, 6.07) is 0. The van der Waals surface area contributed by atoms with Gasteiger partial charge in [-0.15, -0.1) is 0 Å². The first-order valence-corrected chi connectivity index (χ1v) is 5.32. The third-order valence-corrected chi connectivity index (χ3v) is 2.88. The molecule has 2 rings (SSSR count). The van der Waals surface area contributed by atoms with Crippen LogP contribution in [0.5, 0.6) is 0 Å². The maximum Gasteiger partial charge on any atom is 0.223 e. The Morgan fingerprint density at radius 1 is 1.47 bits per heavy atom. The van der Waals surface area contributed by atoms with Crippen LogP contribution >= 0.6 is 0 Å². The third kappa shape index (κ3) is 2.06. The fourth-order valence-electron chi connectivity index (χ4n) is 1.98. The highest BCUT2D eigenvalue weighted by atomic mass is 16.7. The van der Waals surface area contributed by atoms with Crippen molar-refractivity contribution in [2.75, 3.05) is 20.8 Å². The van der Waals surface area contributed by atoms with Gasteiger partial charge in [-0.25, -0.2) is 0 Å². The highest BCUT2D eigenvalue weighted by molar-refractivity contribution is 5.08. The van der Waals surface area contributed by atoms with E-state index in [9.17, 15) is 5.11 Å². The Hall–Kier alpha value is -1.02. The Balaban J connectivity index is 2.28. The molecule has 1 fully saturated rings. The van der Waals surface area contributed by atoms with E-state index in [1.807, 2.05) is 0 Å². The van der Waals surface area contributed by atoms with Crippen LogP contribution in [0.4, 0.5) is 0 Å². The van der Waals surface area contributed by atoms with Gasteiger partial charge in [0.05, 0.1) is 6.61 Å². The zero-order valence-corrected chi connectivity index (χ0v) is 10.0. The zero-order valence-electron chi connectivity index (χ0n) is 10.0. The second-order valence-corrected chi connectivity index (χ2v) is 3.94. The van der Waals surface area contributed by atoms with Gasteiger partial charge in [-0.05, 0) is 0 Å². The van der Waals surface area contributed by atoms with E-state index in [-0.39, 0.29) is 5.82 Å². The van der Waals surface area contributed by atoms with Crippen molar-refractivity contribution < 1.29 is 23.8 Å². The maximum absolute atomic E-state index is 10.6. The van der Waals surface area contributed by atoms with E-state index in [0.29, 0.717) is 18.9 Å². The predicted octanol–water partition coefficient (Wildman–Crippen LogP) is -0.0266. The average Bonchev–Trinajstić information content (AvgIpc) is 2.89. The lowest BCUT2D eigenvalue weighted by atomic mass is 9.94. The second kappa shape index (κ2) is 4.69. The number of hydrogen-bond donors (Lipinski definition) is 1. The van der Waals surface area contributed by atoms with Crippen LogP contribution in [0.3, 0.4) is 0 Å². The summed E-state index contributed by atoms with van der Waals surface area (Å²) in [6.07, 6.45) is -0.976. The number of ether oxygens (including phenoxy) is 3. The van der Waals surface area contributed by atoms with Crippen LogP contribution < -0.4 is 0 Å². The van der Waals surface area contributed by atoms with E-state index in [1.54, 1.807) is 6.92 Å². The molecule has 2 heterocycles. The van der Waals surface area contributed by atoms with Crippen LogP contribution in [0, 0.1) is 6.92 Å². The van der Waals surface area contributed by atoms with Gasteiger partial charge in [0.2, 0.25) is 11.7 Å². The molecule has 96 valence electrons. The molecule has 0 saturated carbocycles. The molecule has 1 aromatic heterocycles. The summed E-state index contributed by atoms with van der Waals surface area (Å²) in [7, 11) is 2.97. The summed E-state index contributed by atoms with van der Waals surface area (Å²) >= 11 is 0. The summed E-state index contributed by atoms with van der Waals surface area (Å²) in [6.45, 7) is 2.05. The van der Waals surface area contributed by atoms with Gasteiger partial charge in [0.15, 0.2) is 11.9 Å². The van der Waals surface area contributed by atoms with E-state index in [1.165, 1.54) is 14.2 Å². The van der Waals surface area contributed by atoms with E-state index in [4.69, 9.17) is 18.7 Å². The number of rotatable bonds is 4. The number of aryl methyl sites for hydroxylation is 1. The molecule has 17 heavy (non-hydrogen) atoms. The van der Waals surface area contributed by atoms with E-state index >= 15 is 0 Å². The first-order valence-electron chi connectivity index (χ1n) is 5.32. The van der Waals surface area contributed by atoms with Crippen LogP contribution in [0.25, 0.3) is 0 Å². The Morgan fingerprint density at radius 3 is 2.71 bits per heavy atom. The molecule has 7 heteroatoms. The van der Waals surface area contributed by atoms with Crippen molar-refractivity contribution in [1.82, 2.24) is 10.1 Å². The molecule has 0 aromatic carbocycles. The van der Waals surface area contributed by atoms with E-state index < -0.39 is 18.0 Å². The Labute approximate surface area is 98.7 Å². The minimum absolute atomic E-state index is 0.205. The van der Waals surface area contributed by atoms with Gasteiger partial charge in [0.1, 0.15) is 6.10 Å². The first kappa shape index (κ1) is 12.4. The first-order chi connectivity index (χ1) is 8.11. The predicted molar refractivity (Wildman–Crippen MR) is 55.1 cm³/mol. The number of aromatic nitrogens is 2. The van der Waals surface area contributed by atoms with Crippen LogP contribution in [0.1, 0.15) is 18.1 Å². The SMILES string of the molecule is COC(OC)[C@@H]1OCC[C@]1(O)c1noc(C)n1. The van der Waals surface area contributed by atoms with Gasteiger partial charge >= 0.3 is 0 Å². The molecule has 7 nitrogen and oxygen atoms in total. The number of hydrogen-bond acceptors (Lipinski definition) is 7. The lowest BCUT2D eigenvalue weighted by Gasteiger charge is -2.29. The van der Waals surface area contributed by atoms with Crippen LogP contribution in [-0.4, -0.2) is 48.5 Å². The number of nitrogens with zero attached hydrogens (tertiary/aromatic N) is 2. The van der Waals surface area contributed by atoms with Gasteiger partial charge < -0.3 is 23.8 Å². The molecule has 1 N–H and O–H groups in total. The smallest absolute Gasteiger partial charge is 0.223 e. The maximum atomic E-state index is 10.6. The van der Waals surface area contributed by atoms with Crippen molar-refractivity contribution in [3.63, 3.8) is 0 Å². The number of methoxy groups -OCH3 is 2. The van der Waals surface area contributed by atoms with Crippen LogP contribution in [0.15, 0.2) is 4.52 Å². The second-order valence-electron chi connectivity index (χ2n) is 3.94. The molecule has 0 spiro atoms. The van der Waals surface area contributed by atoms with Crippen molar-refractivity contribution in [2.24, 2.45) is 0 Å². The minimum atomic E-state index is -1.34. The largest absolute Gasteiger partial charge is 0.379 e. The topological polar surface area (TPSA) is 86.8 Å². The molecule has 1 saturated heterocycles. The van der Waals surface area contributed by atoms with Gasteiger partial charge in [0, 0.05) is 27.6 Å². The molecular formula is C10H16N2O5. The normalized spacial score (nSPS) is 29.1. The average molecular weight is 244 g/mol. The lowest BCUT2D eigenvalue weighted by molar-refractivity contribution is -0.210. The fourth-order valence-corrected chi connectivity index (χ4v) is 1.98. The van der Waals surface area contributed by atoms with Gasteiger partial charge in [-0.1, -0.05) is 5.16 Å². The van der Waals surface area contributed by atoms with Crippen molar-refractivity contribution >= 4 is 0 Å². The summed E-state index contributed by atoms with van der Waals surface area (Å²) in [4.78, 5) is 4.05. The van der Waals surface area contributed by atoms with Gasteiger partial charge in [-0.3, -0.25) is 0 Å². The van der Waals surface area contributed by atoms with Crippen LogP contribution in [0.2, 0.25) is 0 Å². The van der Waals surface area contributed by atoms with Gasteiger partial charge in [0.25, 0.3) is 0 Å². The molecule has 0 unspecified atom stereocenters. The standard InChI is InChI=1S/C10H16N2O5/c1-6-11-9(12-17-6)10(13)4-5-16-7(10)8(14-2)15-3/h7-8,13H,4-5H2,1-3H3/t7-,10+/m0/s1. The highest BCUT2D eigenvalue weighted by Gasteiger charge is 2.51. The van der Waals surface area contributed by atoms with Crippen molar-refractivity contribution in [3.8, 4) is 0 Å². The number of aliphatic hydroxyl groups is 1. The quantitative estimate of drug-likeness (QED) is 0.744. The van der Waals surface area contributed by atoms with Crippen LogP contribution in [-0.2, 0) is 19.8 Å². The van der Waals surface area contributed by atoms with Crippen molar-refractivity contribution in [1.29, 1.82) is 0 Å². The molecule has 1 aliphatic heterocycles. The van der Waals surface area contributed by atoms with Gasteiger partial charge in [-0.2, -0.15) is 4.98 Å². The molecule has 2 atom stereocenters. The monoisotopic (exact) mass is 244 g/mol.